The summed E-state index contributed by atoms with van der Waals surface area (Å²) in [6.07, 6.45) is 1.64. The van der Waals surface area contributed by atoms with Gasteiger partial charge in [-0.3, -0.25) is 0 Å². The van der Waals surface area contributed by atoms with Crippen molar-refractivity contribution in [1.82, 2.24) is 9.97 Å². The summed E-state index contributed by atoms with van der Waals surface area (Å²) in [4.78, 5) is 11.2. The molecule has 1 fully saturated rings. The van der Waals surface area contributed by atoms with Gasteiger partial charge in [-0.2, -0.15) is 0 Å². The monoisotopic (exact) mass is 264 g/mol. The van der Waals surface area contributed by atoms with E-state index in [1.165, 1.54) is 5.56 Å². The highest BCUT2D eigenvalue weighted by molar-refractivity contribution is 5.61. The number of hydrogen-bond acceptors (Lipinski definition) is 5. The average Bonchev–Trinajstić information content (AvgIpc) is 2.37. The number of aromatic nitrogens is 2. The predicted octanol–water partition coefficient (Wildman–Crippen LogP) is 2.26. The van der Waals surface area contributed by atoms with Gasteiger partial charge in [0.25, 0.3) is 0 Å². The lowest BCUT2D eigenvalue weighted by Gasteiger charge is -2.44. The Balaban J connectivity index is 2.49. The van der Waals surface area contributed by atoms with Crippen LogP contribution in [0.4, 0.5) is 11.6 Å². The van der Waals surface area contributed by atoms with Crippen molar-refractivity contribution in [2.75, 3.05) is 37.0 Å². The number of anilines is 2. The molecule has 2 rings (SSSR count). The predicted molar refractivity (Wildman–Crippen MR) is 77.9 cm³/mol. The Bertz CT molecular complexity index is 445. The number of nitrogens with one attached hydrogen (secondary N) is 1. The van der Waals surface area contributed by atoms with E-state index >= 15 is 0 Å². The van der Waals surface area contributed by atoms with Crippen LogP contribution in [-0.2, 0) is 4.74 Å². The molecule has 0 bridgehead atoms. The highest BCUT2D eigenvalue weighted by atomic mass is 16.5. The number of nitrogens with zero attached hydrogens (tertiary/aromatic N) is 3. The molecule has 0 spiro atoms. The first-order chi connectivity index (χ1) is 8.97. The first-order valence-electron chi connectivity index (χ1n) is 6.85. The molecular weight excluding hydrogens is 240 g/mol. The standard InChI is InChI=1S/C14H24N4O/c1-10(2)11-12(15-5)16-9-17-13(11)18-6-7-19-8-14(18,3)4/h9-10H,6-8H2,1-5H3,(H,15,16,17). The van der Waals surface area contributed by atoms with Gasteiger partial charge >= 0.3 is 0 Å². The van der Waals surface area contributed by atoms with Gasteiger partial charge < -0.3 is 15.0 Å². The van der Waals surface area contributed by atoms with Crippen molar-refractivity contribution in [1.29, 1.82) is 0 Å². The van der Waals surface area contributed by atoms with Crippen molar-refractivity contribution in [3.8, 4) is 0 Å². The van der Waals surface area contributed by atoms with Gasteiger partial charge in [-0.25, -0.2) is 9.97 Å². The molecule has 106 valence electrons. The highest BCUT2D eigenvalue weighted by Gasteiger charge is 2.34. The van der Waals surface area contributed by atoms with Gasteiger partial charge in [-0.05, 0) is 19.8 Å². The van der Waals surface area contributed by atoms with Gasteiger partial charge in [0.1, 0.15) is 18.0 Å². The van der Waals surface area contributed by atoms with Crippen LogP contribution in [0.2, 0.25) is 0 Å². The molecule has 19 heavy (non-hydrogen) atoms. The van der Waals surface area contributed by atoms with Crippen LogP contribution in [0.25, 0.3) is 0 Å². The molecule has 1 N–H and O–H groups in total. The number of hydrogen-bond donors (Lipinski definition) is 1. The largest absolute Gasteiger partial charge is 0.377 e. The molecule has 0 aliphatic carbocycles. The maximum atomic E-state index is 5.59. The second-order valence-corrected chi connectivity index (χ2v) is 5.88. The molecule has 2 heterocycles. The van der Waals surface area contributed by atoms with Gasteiger partial charge in [0.05, 0.1) is 18.8 Å². The van der Waals surface area contributed by atoms with Crippen molar-refractivity contribution >= 4 is 11.6 Å². The van der Waals surface area contributed by atoms with Crippen LogP contribution in [0.3, 0.4) is 0 Å². The third kappa shape index (κ3) is 2.66. The smallest absolute Gasteiger partial charge is 0.138 e. The van der Waals surface area contributed by atoms with Crippen LogP contribution in [0.15, 0.2) is 6.33 Å². The minimum Gasteiger partial charge on any atom is -0.377 e. The van der Waals surface area contributed by atoms with E-state index in [1.54, 1.807) is 6.33 Å². The molecule has 0 unspecified atom stereocenters. The molecule has 0 atom stereocenters. The summed E-state index contributed by atoms with van der Waals surface area (Å²) in [6, 6.07) is 0. The molecule has 0 saturated carbocycles. The Kier molecular flexibility index (Phi) is 3.94. The Morgan fingerprint density at radius 1 is 1.37 bits per heavy atom. The SMILES string of the molecule is CNc1ncnc(N2CCOCC2(C)C)c1C(C)C. The molecule has 1 aliphatic rings. The maximum Gasteiger partial charge on any atom is 0.138 e. The highest BCUT2D eigenvalue weighted by Crippen LogP contribution is 2.34. The van der Waals surface area contributed by atoms with Crippen LogP contribution in [0, 0.1) is 0 Å². The van der Waals surface area contributed by atoms with Gasteiger partial charge in [0.2, 0.25) is 0 Å². The zero-order valence-electron chi connectivity index (χ0n) is 12.5. The van der Waals surface area contributed by atoms with E-state index in [-0.39, 0.29) is 5.54 Å². The van der Waals surface area contributed by atoms with Crippen molar-refractivity contribution in [3.05, 3.63) is 11.9 Å². The second-order valence-electron chi connectivity index (χ2n) is 5.88. The molecule has 1 aliphatic heterocycles. The fraction of sp³-hybridized carbons (Fsp3) is 0.714. The lowest BCUT2D eigenvalue weighted by atomic mass is 9.98. The molecule has 1 saturated heterocycles. The van der Waals surface area contributed by atoms with Crippen LogP contribution >= 0.6 is 0 Å². The summed E-state index contributed by atoms with van der Waals surface area (Å²) in [6.45, 7) is 11.1. The summed E-state index contributed by atoms with van der Waals surface area (Å²) in [5.41, 5.74) is 1.14. The van der Waals surface area contributed by atoms with Crippen LogP contribution < -0.4 is 10.2 Å². The zero-order chi connectivity index (χ0) is 14.0. The van der Waals surface area contributed by atoms with Gasteiger partial charge in [0, 0.05) is 19.2 Å². The Morgan fingerprint density at radius 3 is 2.68 bits per heavy atom. The minimum atomic E-state index is -0.0404. The minimum absolute atomic E-state index is 0.0404. The summed E-state index contributed by atoms with van der Waals surface area (Å²) in [5.74, 6) is 2.32. The Labute approximate surface area is 115 Å². The second kappa shape index (κ2) is 5.33. The van der Waals surface area contributed by atoms with Gasteiger partial charge in [-0.15, -0.1) is 0 Å². The van der Waals surface area contributed by atoms with E-state index in [9.17, 15) is 0 Å². The number of rotatable bonds is 3. The lowest BCUT2D eigenvalue weighted by Crippen LogP contribution is -2.54. The van der Waals surface area contributed by atoms with Crippen LogP contribution in [0.1, 0.15) is 39.2 Å². The quantitative estimate of drug-likeness (QED) is 0.907. The molecule has 0 amide bonds. The molecule has 0 aromatic carbocycles. The van der Waals surface area contributed by atoms with E-state index in [1.807, 2.05) is 7.05 Å². The molecular formula is C14H24N4O. The van der Waals surface area contributed by atoms with Crippen molar-refractivity contribution in [3.63, 3.8) is 0 Å². The van der Waals surface area contributed by atoms with Crippen molar-refractivity contribution < 1.29 is 4.74 Å². The molecule has 1 aromatic heterocycles. The Hall–Kier alpha value is -1.36. The third-order valence-corrected chi connectivity index (χ3v) is 3.58. The number of morpholine rings is 1. The van der Waals surface area contributed by atoms with Crippen LogP contribution in [0.5, 0.6) is 0 Å². The molecule has 5 nitrogen and oxygen atoms in total. The third-order valence-electron chi connectivity index (χ3n) is 3.58. The van der Waals surface area contributed by atoms with E-state index < -0.39 is 0 Å². The summed E-state index contributed by atoms with van der Waals surface area (Å²) < 4.78 is 5.59. The maximum absolute atomic E-state index is 5.59. The van der Waals surface area contributed by atoms with E-state index in [0.717, 1.165) is 31.4 Å². The lowest BCUT2D eigenvalue weighted by molar-refractivity contribution is 0.0637. The van der Waals surface area contributed by atoms with E-state index in [0.29, 0.717) is 5.92 Å². The Morgan fingerprint density at radius 2 is 2.11 bits per heavy atom. The van der Waals surface area contributed by atoms with Crippen LogP contribution in [-0.4, -0.2) is 42.3 Å². The first-order valence-corrected chi connectivity index (χ1v) is 6.85. The van der Waals surface area contributed by atoms with E-state index in [2.05, 4.69) is 47.9 Å². The average molecular weight is 264 g/mol. The molecule has 1 aromatic rings. The first kappa shape index (κ1) is 14.1. The fourth-order valence-corrected chi connectivity index (χ4v) is 2.58. The van der Waals surface area contributed by atoms with Gasteiger partial charge in [0.15, 0.2) is 0 Å². The fourth-order valence-electron chi connectivity index (χ4n) is 2.58. The van der Waals surface area contributed by atoms with Crippen molar-refractivity contribution in [2.45, 2.75) is 39.2 Å². The van der Waals surface area contributed by atoms with E-state index in [4.69, 9.17) is 4.74 Å². The van der Waals surface area contributed by atoms with Gasteiger partial charge in [-0.1, -0.05) is 13.8 Å². The number of ether oxygens (including phenoxy) is 1. The summed E-state index contributed by atoms with van der Waals surface area (Å²) in [5, 5.41) is 3.17. The normalized spacial score (nSPS) is 18.7. The molecule has 5 heteroatoms. The zero-order valence-corrected chi connectivity index (χ0v) is 12.5. The summed E-state index contributed by atoms with van der Waals surface area (Å²) in [7, 11) is 1.91. The molecule has 0 radical (unpaired) electrons. The topological polar surface area (TPSA) is 50.3 Å². The van der Waals surface area contributed by atoms with Crippen molar-refractivity contribution in [2.24, 2.45) is 0 Å². The summed E-state index contributed by atoms with van der Waals surface area (Å²) >= 11 is 0.